The highest BCUT2D eigenvalue weighted by molar-refractivity contribution is 7.83. The molecule has 0 saturated heterocycles. The van der Waals surface area contributed by atoms with E-state index in [0.29, 0.717) is 10.6 Å². The lowest BCUT2D eigenvalue weighted by Crippen LogP contribution is -2.14. The number of terminal acetylenes is 1. The average molecular weight is 298 g/mol. The number of benzene rings is 2. The van der Waals surface area contributed by atoms with Crippen molar-refractivity contribution in [2.24, 2.45) is 0 Å². The van der Waals surface area contributed by atoms with E-state index in [1.54, 1.807) is 0 Å². The smallest absolute Gasteiger partial charge is 0.211 e. The zero-order valence-corrected chi connectivity index (χ0v) is 12.6. The molecule has 2 rings (SSSR count). The molecule has 0 aliphatic heterocycles. The van der Waals surface area contributed by atoms with Gasteiger partial charge in [-0.2, -0.15) is 0 Å². The van der Waals surface area contributed by atoms with Crippen molar-refractivity contribution < 1.29 is 4.57 Å². The molecular weight excluding hydrogens is 287 g/mol. The van der Waals surface area contributed by atoms with Gasteiger partial charge < -0.3 is 0 Å². The Labute approximate surface area is 131 Å². The Morgan fingerprint density at radius 2 is 1.14 bits per heavy atom. The molecule has 1 nitrogen and oxygen atoms in total. The van der Waals surface area contributed by atoms with Crippen LogP contribution < -0.4 is 10.6 Å². The third-order valence-electron chi connectivity index (χ3n) is 2.78. The van der Waals surface area contributed by atoms with Gasteiger partial charge in [0.1, 0.15) is 0 Å². The summed E-state index contributed by atoms with van der Waals surface area (Å²) in [6, 6.07) is 18.4. The van der Waals surface area contributed by atoms with E-state index < -0.39 is 7.14 Å². The monoisotopic (exact) mass is 298 g/mol. The first-order valence-corrected chi connectivity index (χ1v) is 8.17. The number of hydrogen-bond donors (Lipinski definition) is 0. The first-order chi connectivity index (χ1) is 10.8. The highest BCUT2D eigenvalue weighted by atomic mass is 31.2. The van der Waals surface area contributed by atoms with E-state index in [4.69, 9.17) is 6.42 Å². The maximum absolute atomic E-state index is 13.4. The van der Waals surface area contributed by atoms with Crippen LogP contribution in [0.1, 0.15) is 0 Å². The second kappa shape index (κ2) is 7.63. The van der Waals surface area contributed by atoms with E-state index in [0.717, 1.165) is 0 Å². The minimum Gasteiger partial charge on any atom is -0.300 e. The van der Waals surface area contributed by atoms with Gasteiger partial charge in [0, 0.05) is 10.6 Å². The highest BCUT2D eigenvalue weighted by Crippen LogP contribution is 2.41. The van der Waals surface area contributed by atoms with Crippen LogP contribution in [-0.4, -0.2) is 0 Å². The van der Waals surface area contributed by atoms with Gasteiger partial charge in [0.2, 0.25) is 7.14 Å². The van der Waals surface area contributed by atoms with Gasteiger partial charge >= 0.3 is 0 Å². The Hall–Kier alpha value is -3.09. The van der Waals surface area contributed by atoms with E-state index >= 15 is 0 Å². The maximum Gasteiger partial charge on any atom is 0.211 e. The van der Waals surface area contributed by atoms with Gasteiger partial charge in [-0.15, -0.1) is 6.42 Å². The maximum atomic E-state index is 13.4. The Balaban J connectivity index is 2.49. The molecule has 0 unspecified atom stereocenters. The van der Waals surface area contributed by atoms with Gasteiger partial charge in [0.05, 0.1) is 0 Å². The van der Waals surface area contributed by atoms with Crippen molar-refractivity contribution in [3.05, 3.63) is 60.7 Å². The minimum atomic E-state index is -3.03. The number of hydrogen-bond acceptors (Lipinski definition) is 1. The molecule has 2 aromatic rings. The van der Waals surface area contributed by atoms with Gasteiger partial charge in [-0.1, -0.05) is 60.7 Å². The van der Waals surface area contributed by atoms with Crippen molar-refractivity contribution in [3.8, 4) is 47.6 Å². The third-order valence-corrected chi connectivity index (χ3v) is 5.25. The second-order valence-electron chi connectivity index (χ2n) is 4.16. The van der Waals surface area contributed by atoms with Crippen LogP contribution in [0.3, 0.4) is 0 Å². The molecule has 0 bridgehead atoms. The minimum absolute atomic E-state index is 0.685. The molecule has 0 aromatic heterocycles. The number of rotatable bonds is 2. The highest BCUT2D eigenvalue weighted by Gasteiger charge is 2.24. The summed E-state index contributed by atoms with van der Waals surface area (Å²) < 4.78 is 13.4. The lowest BCUT2D eigenvalue weighted by Gasteiger charge is -2.12. The molecule has 0 heterocycles. The molecule has 0 aliphatic carbocycles. The normalized spacial score (nSPS) is 8.86. The molecule has 0 aliphatic rings. The van der Waals surface area contributed by atoms with Crippen LogP contribution in [0.5, 0.6) is 0 Å². The van der Waals surface area contributed by atoms with Crippen molar-refractivity contribution >= 4 is 17.8 Å². The Morgan fingerprint density at radius 3 is 1.64 bits per heavy atom. The summed E-state index contributed by atoms with van der Waals surface area (Å²) in [6.45, 7) is 0. The molecule has 0 saturated carbocycles. The Morgan fingerprint density at radius 1 is 0.682 bits per heavy atom. The molecule has 0 N–H and O–H groups in total. The molecule has 0 spiro atoms. The second-order valence-corrected chi connectivity index (χ2v) is 6.64. The summed E-state index contributed by atoms with van der Waals surface area (Å²) in [5.74, 6) is 14.7. The molecule has 102 valence electrons. The first kappa shape index (κ1) is 15.3. The average Bonchev–Trinajstić information content (AvgIpc) is 2.59. The summed E-state index contributed by atoms with van der Waals surface area (Å²) in [7, 11) is -3.03. The van der Waals surface area contributed by atoms with E-state index in [-0.39, 0.29) is 0 Å². The zero-order chi connectivity index (χ0) is 15.7. The van der Waals surface area contributed by atoms with Crippen molar-refractivity contribution in [1.29, 1.82) is 0 Å². The predicted molar refractivity (Wildman–Crippen MR) is 91.9 cm³/mol. The van der Waals surface area contributed by atoms with Crippen molar-refractivity contribution in [2.45, 2.75) is 0 Å². The van der Waals surface area contributed by atoms with Crippen LogP contribution in [0, 0.1) is 47.6 Å². The molecule has 0 fully saturated rings. The Bertz CT molecular complexity index is 872. The largest absolute Gasteiger partial charge is 0.300 e. The van der Waals surface area contributed by atoms with E-state index in [1.165, 1.54) is 0 Å². The molecule has 0 radical (unpaired) electrons. The predicted octanol–water partition coefficient (Wildman–Crippen LogP) is 2.60. The van der Waals surface area contributed by atoms with Crippen LogP contribution >= 0.6 is 7.14 Å². The van der Waals surface area contributed by atoms with Gasteiger partial charge in [-0.05, 0) is 41.2 Å². The van der Waals surface area contributed by atoms with Gasteiger partial charge in [0.25, 0.3) is 0 Å². The van der Waals surface area contributed by atoms with E-state index in [2.05, 4.69) is 41.2 Å². The lowest BCUT2D eigenvalue weighted by molar-refractivity contribution is 0.593. The fourth-order valence-electron chi connectivity index (χ4n) is 1.79. The van der Waals surface area contributed by atoms with Crippen LogP contribution in [-0.2, 0) is 4.57 Å². The van der Waals surface area contributed by atoms with Crippen LogP contribution in [0.15, 0.2) is 60.7 Å². The molecule has 22 heavy (non-hydrogen) atoms. The summed E-state index contributed by atoms with van der Waals surface area (Å²) in [6.07, 6.45) is 4.99. The Kier molecular flexibility index (Phi) is 5.31. The zero-order valence-electron chi connectivity index (χ0n) is 11.7. The first-order valence-electron chi connectivity index (χ1n) is 6.46. The van der Waals surface area contributed by atoms with Gasteiger partial charge in [-0.25, -0.2) is 0 Å². The van der Waals surface area contributed by atoms with E-state index in [9.17, 15) is 4.57 Å². The van der Waals surface area contributed by atoms with Crippen molar-refractivity contribution in [1.82, 2.24) is 0 Å². The van der Waals surface area contributed by atoms with Gasteiger partial charge in [0.15, 0.2) is 0 Å². The van der Waals surface area contributed by atoms with Crippen LogP contribution in [0.25, 0.3) is 0 Å². The summed E-state index contributed by atoms with van der Waals surface area (Å²) in [4.78, 5) is 0. The molecule has 0 amide bonds. The van der Waals surface area contributed by atoms with Crippen LogP contribution in [0.4, 0.5) is 0 Å². The fraction of sp³-hybridized carbons (Fsp3) is 0. The summed E-state index contributed by atoms with van der Waals surface area (Å²) >= 11 is 0. The third kappa shape index (κ3) is 3.72. The fourth-order valence-corrected chi connectivity index (χ4v) is 3.74. The van der Waals surface area contributed by atoms with Gasteiger partial charge in [-0.3, -0.25) is 4.57 Å². The molecule has 2 heteroatoms. The standard InChI is InChI=1S/C20H11OP/c1-2-3-4-5-6-13-18-22(21,19-14-9-7-10-15-19)20-16-11-8-12-17-20/h1,7-12,14-17H. The molecule has 2 aromatic carbocycles. The van der Waals surface area contributed by atoms with Crippen LogP contribution in [0.2, 0.25) is 0 Å². The quantitative estimate of drug-likeness (QED) is 0.615. The van der Waals surface area contributed by atoms with Crippen molar-refractivity contribution in [3.63, 3.8) is 0 Å². The summed E-state index contributed by atoms with van der Waals surface area (Å²) in [5, 5.41) is 1.37. The van der Waals surface area contributed by atoms with E-state index in [1.807, 2.05) is 60.7 Å². The lowest BCUT2D eigenvalue weighted by atomic mass is 10.4. The molecular formula is C20H11OP. The summed E-state index contributed by atoms with van der Waals surface area (Å²) in [5.41, 5.74) is 2.82. The van der Waals surface area contributed by atoms with Crippen molar-refractivity contribution in [2.75, 3.05) is 0 Å². The molecule has 0 atom stereocenters. The topological polar surface area (TPSA) is 17.1 Å². The SMILES string of the molecule is C#CC#CC#CC#CP(=O)(c1ccccc1)c1ccccc1.